The third-order valence-corrected chi connectivity index (χ3v) is 10.6. The summed E-state index contributed by atoms with van der Waals surface area (Å²) in [5.41, 5.74) is 1.72. The number of thioether (sulfide) groups is 1. The molecule has 5 atom stereocenters. The first kappa shape index (κ1) is 27.1. The molecule has 0 aliphatic carbocycles. The average Bonchev–Trinajstić information content (AvgIpc) is 3.21. The van der Waals surface area contributed by atoms with E-state index in [0.29, 0.717) is 36.8 Å². The van der Waals surface area contributed by atoms with Gasteiger partial charge >= 0.3 is 0 Å². The van der Waals surface area contributed by atoms with E-state index in [9.17, 15) is 19.5 Å². The summed E-state index contributed by atoms with van der Waals surface area (Å²) in [4.78, 5) is 48.2. The summed E-state index contributed by atoms with van der Waals surface area (Å²) in [5.74, 6) is -1.79. The van der Waals surface area contributed by atoms with Crippen molar-refractivity contribution in [3.63, 3.8) is 0 Å². The van der Waals surface area contributed by atoms with E-state index >= 15 is 0 Å². The van der Waals surface area contributed by atoms with Crippen molar-refractivity contribution in [3.05, 3.63) is 89.5 Å². The van der Waals surface area contributed by atoms with Crippen molar-refractivity contribution in [2.45, 2.75) is 35.4 Å². The number of aliphatic hydroxyl groups is 1. The van der Waals surface area contributed by atoms with E-state index in [2.05, 4.69) is 6.08 Å². The van der Waals surface area contributed by atoms with Crippen LogP contribution in [-0.4, -0.2) is 74.4 Å². The van der Waals surface area contributed by atoms with Gasteiger partial charge in [-0.1, -0.05) is 66.2 Å². The Bertz CT molecular complexity index is 1380. The van der Waals surface area contributed by atoms with E-state index in [1.54, 1.807) is 45.8 Å². The molecule has 0 radical (unpaired) electrons. The second-order valence-corrected chi connectivity index (χ2v) is 13.3. The van der Waals surface area contributed by atoms with Crippen molar-refractivity contribution in [2.75, 3.05) is 31.1 Å². The lowest BCUT2D eigenvalue weighted by atomic mass is 9.74. The fraction of sp³-hybridized carbons (Fsp3) is 0.387. The van der Waals surface area contributed by atoms with E-state index in [1.165, 1.54) is 0 Å². The molecule has 0 saturated carbocycles. The first-order valence-corrected chi connectivity index (χ1v) is 14.8. The zero-order valence-electron chi connectivity index (χ0n) is 22.3. The molecule has 3 amide bonds. The molecule has 2 saturated heterocycles. The van der Waals surface area contributed by atoms with Crippen LogP contribution in [0, 0.1) is 11.8 Å². The van der Waals surface area contributed by atoms with Gasteiger partial charge in [0.25, 0.3) is 5.91 Å². The standard InChI is InChI=1S/C31H32ClN3O4S/c1-30-14-5-16-33(20-21-8-3-2-4-9-21)27(37)24(30)25-28(38)35(18-7-19-36)26-29(39)34(17-6-15-31(25,26)40-30)23-12-10-22(32)11-13-23/h2-6,8-15,24-26,36H,7,16-20H2,1H3/t24-,25-,26?,30+,31-/m0/s1. The minimum absolute atomic E-state index is 0.0681. The summed E-state index contributed by atoms with van der Waals surface area (Å²) in [6.07, 6.45) is 8.42. The predicted molar refractivity (Wildman–Crippen MR) is 157 cm³/mol. The van der Waals surface area contributed by atoms with Crippen LogP contribution in [-0.2, 0) is 20.9 Å². The van der Waals surface area contributed by atoms with Crippen LogP contribution in [0.1, 0.15) is 18.9 Å². The number of carbonyl (C=O) groups is 3. The van der Waals surface area contributed by atoms with Crippen molar-refractivity contribution in [2.24, 2.45) is 11.8 Å². The van der Waals surface area contributed by atoms with Crippen LogP contribution in [0.3, 0.4) is 0 Å². The van der Waals surface area contributed by atoms with Crippen molar-refractivity contribution in [3.8, 4) is 0 Å². The Morgan fingerprint density at radius 3 is 2.38 bits per heavy atom. The summed E-state index contributed by atoms with van der Waals surface area (Å²) in [5, 5.41) is 10.2. The molecule has 0 bridgehead atoms. The molecular formula is C31H32ClN3O4S. The Morgan fingerprint density at radius 2 is 1.65 bits per heavy atom. The summed E-state index contributed by atoms with van der Waals surface area (Å²) >= 11 is 7.68. The minimum Gasteiger partial charge on any atom is -0.396 e. The first-order valence-electron chi connectivity index (χ1n) is 13.7. The predicted octanol–water partition coefficient (Wildman–Crippen LogP) is 3.91. The maximum Gasteiger partial charge on any atom is 0.251 e. The average molecular weight is 578 g/mol. The topological polar surface area (TPSA) is 81.2 Å². The molecule has 0 aromatic heterocycles. The van der Waals surface area contributed by atoms with E-state index in [1.807, 2.05) is 60.4 Å². The van der Waals surface area contributed by atoms with Gasteiger partial charge in [-0.2, -0.15) is 0 Å². The summed E-state index contributed by atoms with van der Waals surface area (Å²) in [6, 6.07) is 16.1. The Balaban J connectivity index is 1.42. The first-order chi connectivity index (χ1) is 19.3. The number of amides is 3. The van der Waals surface area contributed by atoms with Gasteiger partial charge in [0.15, 0.2) is 0 Å². The number of aliphatic hydroxyl groups excluding tert-OH is 1. The molecule has 208 valence electrons. The van der Waals surface area contributed by atoms with Crippen LogP contribution in [0.2, 0.25) is 5.02 Å². The molecule has 2 fully saturated rings. The lowest BCUT2D eigenvalue weighted by Crippen LogP contribution is -2.53. The lowest BCUT2D eigenvalue weighted by Gasteiger charge is -2.36. The van der Waals surface area contributed by atoms with Crippen LogP contribution in [0.4, 0.5) is 5.69 Å². The molecule has 1 spiro atoms. The molecule has 4 aliphatic heterocycles. The third kappa shape index (κ3) is 4.28. The maximum absolute atomic E-state index is 14.4. The fourth-order valence-electron chi connectivity index (χ4n) is 6.85. The van der Waals surface area contributed by atoms with Gasteiger partial charge in [-0.25, -0.2) is 0 Å². The SMILES string of the molecule is C[C@@]12C=CCN(Cc3ccccc3)C(=O)[C@@H]1[C@H]1C(=O)N(CCCO)C3C(=O)N(c4ccc(Cl)cc4)CC=C[C@@]31S2. The Morgan fingerprint density at radius 1 is 0.925 bits per heavy atom. The molecule has 1 unspecified atom stereocenters. The highest BCUT2D eigenvalue weighted by atomic mass is 35.5. The van der Waals surface area contributed by atoms with Crippen LogP contribution < -0.4 is 4.90 Å². The van der Waals surface area contributed by atoms with E-state index in [-0.39, 0.29) is 30.9 Å². The van der Waals surface area contributed by atoms with Gasteiger partial charge in [0.2, 0.25) is 11.8 Å². The number of hydrogen-bond acceptors (Lipinski definition) is 5. The second kappa shape index (κ2) is 10.4. The maximum atomic E-state index is 14.4. The van der Waals surface area contributed by atoms with Gasteiger partial charge < -0.3 is 19.8 Å². The molecule has 4 aliphatic rings. The van der Waals surface area contributed by atoms with Crippen LogP contribution in [0.15, 0.2) is 78.9 Å². The smallest absolute Gasteiger partial charge is 0.251 e. The van der Waals surface area contributed by atoms with Gasteiger partial charge in [-0.3, -0.25) is 14.4 Å². The van der Waals surface area contributed by atoms with Crippen molar-refractivity contribution >= 4 is 46.8 Å². The fourth-order valence-corrected chi connectivity index (χ4v) is 9.14. The van der Waals surface area contributed by atoms with Gasteiger partial charge in [-0.05, 0) is 43.2 Å². The monoisotopic (exact) mass is 577 g/mol. The van der Waals surface area contributed by atoms with E-state index in [4.69, 9.17) is 11.6 Å². The van der Waals surface area contributed by atoms with Crippen molar-refractivity contribution < 1.29 is 19.5 Å². The molecule has 1 N–H and O–H groups in total. The molecule has 7 nitrogen and oxygen atoms in total. The number of anilines is 1. The quantitative estimate of drug-likeness (QED) is 0.527. The molecular weight excluding hydrogens is 546 g/mol. The molecule has 2 aromatic carbocycles. The van der Waals surface area contributed by atoms with Crippen molar-refractivity contribution in [1.29, 1.82) is 0 Å². The number of carbonyl (C=O) groups excluding carboxylic acids is 3. The van der Waals surface area contributed by atoms with Gasteiger partial charge in [0.05, 0.1) is 16.6 Å². The number of fused-ring (bicyclic) bond motifs is 2. The Labute approximate surface area is 243 Å². The largest absolute Gasteiger partial charge is 0.396 e. The van der Waals surface area contributed by atoms with Gasteiger partial charge in [0.1, 0.15) is 6.04 Å². The van der Waals surface area contributed by atoms with Crippen molar-refractivity contribution in [1.82, 2.24) is 9.80 Å². The number of halogens is 1. The normalized spacial score (nSPS) is 31.2. The summed E-state index contributed by atoms with van der Waals surface area (Å²) in [6.45, 7) is 3.43. The third-order valence-electron chi connectivity index (χ3n) is 8.55. The van der Waals surface area contributed by atoms with Gasteiger partial charge in [-0.15, -0.1) is 11.8 Å². The Hall–Kier alpha value is -3.07. The number of nitrogens with zero attached hydrogens (tertiary/aromatic N) is 3. The van der Waals surface area contributed by atoms with Crippen LogP contribution in [0.25, 0.3) is 0 Å². The van der Waals surface area contributed by atoms with E-state index in [0.717, 1.165) is 5.56 Å². The molecule has 9 heteroatoms. The number of likely N-dealkylation sites (tertiary alicyclic amines) is 1. The molecule has 6 rings (SSSR count). The minimum atomic E-state index is -0.917. The lowest BCUT2D eigenvalue weighted by molar-refractivity contribution is -0.144. The van der Waals surface area contributed by atoms with Crippen LogP contribution >= 0.6 is 23.4 Å². The Kier molecular flexibility index (Phi) is 7.05. The summed E-state index contributed by atoms with van der Waals surface area (Å²) < 4.78 is -1.58. The van der Waals surface area contributed by atoms with Gasteiger partial charge in [0, 0.05) is 48.2 Å². The number of benzene rings is 2. The highest BCUT2D eigenvalue weighted by Gasteiger charge is 2.73. The zero-order chi connectivity index (χ0) is 28.1. The molecule has 4 heterocycles. The summed E-state index contributed by atoms with van der Waals surface area (Å²) in [7, 11) is 0. The highest BCUT2D eigenvalue weighted by molar-refractivity contribution is 8.02. The zero-order valence-corrected chi connectivity index (χ0v) is 23.9. The number of hydrogen-bond donors (Lipinski definition) is 1. The molecule has 40 heavy (non-hydrogen) atoms. The number of rotatable bonds is 6. The second-order valence-electron chi connectivity index (χ2n) is 11.0. The molecule has 2 aromatic rings. The highest BCUT2D eigenvalue weighted by Crippen LogP contribution is 2.65. The van der Waals surface area contributed by atoms with E-state index < -0.39 is 27.4 Å². The van der Waals surface area contributed by atoms with Crippen LogP contribution in [0.5, 0.6) is 0 Å².